The van der Waals surface area contributed by atoms with E-state index < -0.39 is 0 Å². The van der Waals surface area contributed by atoms with Gasteiger partial charge in [-0.3, -0.25) is 4.79 Å². The Morgan fingerprint density at radius 3 is 2.58 bits per heavy atom. The van der Waals surface area contributed by atoms with Crippen LogP contribution in [-0.2, 0) is 0 Å². The highest BCUT2D eigenvalue weighted by molar-refractivity contribution is 6.04. The van der Waals surface area contributed by atoms with Crippen LogP contribution in [0.1, 0.15) is 16.2 Å². The van der Waals surface area contributed by atoms with Crippen LogP contribution in [0, 0.1) is 6.92 Å². The third-order valence-corrected chi connectivity index (χ3v) is 3.58. The van der Waals surface area contributed by atoms with Crippen LogP contribution in [0.25, 0.3) is 0 Å². The summed E-state index contributed by atoms with van der Waals surface area (Å²) in [6.45, 7) is 3.34. The average Bonchev–Trinajstić information content (AvgIpc) is 2.60. The molecule has 2 N–H and O–H groups in total. The van der Waals surface area contributed by atoms with Crippen LogP contribution in [0.15, 0.2) is 24.3 Å². The molecule has 26 heavy (non-hydrogen) atoms. The highest BCUT2D eigenvalue weighted by Crippen LogP contribution is 2.29. The number of carbonyl (C=O) groups is 1. The molecule has 8 heteroatoms. The fraction of sp³-hybridized carbons (Fsp3) is 0.389. The molecule has 0 unspecified atom stereocenters. The standard InChI is InChI=1S/C18H25N5O3/c1-12-10-15(22-18(20-12)19-8-9-23(2)3)17(24)21-14-11-13(25-4)6-7-16(14)26-5/h6-7,10-11H,8-9H2,1-5H3,(H,21,24)(H,19,20,22). The SMILES string of the molecule is COc1ccc(OC)c(NC(=O)c2cc(C)nc(NCCN(C)C)n2)c1. The quantitative estimate of drug-likeness (QED) is 0.745. The van der Waals surface area contributed by atoms with Gasteiger partial charge >= 0.3 is 0 Å². The molecule has 2 aromatic rings. The van der Waals surface area contributed by atoms with Gasteiger partial charge in [0.05, 0.1) is 19.9 Å². The Hall–Kier alpha value is -2.87. The molecular weight excluding hydrogens is 334 g/mol. The van der Waals surface area contributed by atoms with E-state index in [0.717, 1.165) is 6.54 Å². The smallest absolute Gasteiger partial charge is 0.274 e. The molecule has 0 saturated heterocycles. The van der Waals surface area contributed by atoms with Crippen molar-refractivity contribution in [2.75, 3.05) is 52.0 Å². The van der Waals surface area contributed by atoms with Crippen molar-refractivity contribution in [2.24, 2.45) is 0 Å². The van der Waals surface area contributed by atoms with E-state index in [-0.39, 0.29) is 11.6 Å². The minimum absolute atomic E-state index is 0.273. The molecule has 0 fully saturated rings. The molecule has 1 heterocycles. The van der Waals surface area contributed by atoms with Crippen LogP contribution in [0.2, 0.25) is 0 Å². The Kier molecular flexibility index (Phi) is 6.74. The van der Waals surface area contributed by atoms with E-state index in [1.807, 2.05) is 25.9 Å². The Bertz CT molecular complexity index is 764. The first-order chi connectivity index (χ1) is 12.4. The van der Waals surface area contributed by atoms with Crippen molar-refractivity contribution in [1.29, 1.82) is 0 Å². The highest BCUT2D eigenvalue weighted by atomic mass is 16.5. The highest BCUT2D eigenvalue weighted by Gasteiger charge is 2.14. The molecule has 0 radical (unpaired) electrons. The number of likely N-dealkylation sites (N-methyl/N-ethyl adjacent to an activating group) is 1. The van der Waals surface area contributed by atoms with Gasteiger partial charge in [-0.05, 0) is 39.2 Å². The number of aryl methyl sites for hydroxylation is 1. The first-order valence-electron chi connectivity index (χ1n) is 8.20. The summed E-state index contributed by atoms with van der Waals surface area (Å²) in [4.78, 5) is 23.3. The van der Waals surface area contributed by atoms with Crippen LogP contribution in [-0.4, -0.2) is 62.2 Å². The first kappa shape index (κ1) is 19.5. The molecule has 0 aliphatic rings. The summed E-state index contributed by atoms with van der Waals surface area (Å²) in [5.74, 6) is 1.23. The predicted molar refractivity (Wildman–Crippen MR) is 101 cm³/mol. The lowest BCUT2D eigenvalue weighted by atomic mass is 10.2. The van der Waals surface area contributed by atoms with Gasteiger partial charge in [-0.15, -0.1) is 0 Å². The number of methoxy groups -OCH3 is 2. The Balaban J connectivity index is 2.18. The van der Waals surface area contributed by atoms with Gasteiger partial charge in [0.15, 0.2) is 0 Å². The molecule has 0 aliphatic carbocycles. The molecule has 0 atom stereocenters. The topological polar surface area (TPSA) is 88.6 Å². The molecule has 140 valence electrons. The minimum Gasteiger partial charge on any atom is -0.497 e. The second-order valence-corrected chi connectivity index (χ2v) is 5.97. The molecule has 0 bridgehead atoms. The number of benzene rings is 1. The largest absolute Gasteiger partial charge is 0.497 e. The minimum atomic E-state index is -0.349. The van der Waals surface area contributed by atoms with E-state index in [9.17, 15) is 4.79 Å². The predicted octanol–water partition coefficient (Wildman–Crippen LogP) is 2.03. The van der Waals surface area contributed by atoms with Crippen molar-refractivity contribution in [1.82, 2.24) is 14.9 Å². The lowest BCUT2D eigenvalue weighted by Gasteiger charge is -2.13. The molecule has 1 amide bonds. The molecule has 0 aliphatic heterocycles. The van der Waals surface area contributed by atoms with Crippen molar-refractivity contribution in [2.45, 2.75) is 6.92 Å². The molecule has 1 aromatic heterocycles. The number of anilines is 2. The third kappa shape index (κ3) is 5.32. The molecule has 2 rings (SSSR count). The maximum absolute atomic E-state index is 12.6. The maximum Gasteiger partial charge on any atom is 0.274 e. The number of carbonyl (C=O) groups excluding carboxylic acids is 1. The van der Waals surface area contributed by atoms with E-state index in [0.29, 0.717) is 35.4 Å². The third-order valence-electron chi connectivity index (χ3n) is 3.58. The monoisotopic (exact) mass is 359 g/mol. The van der Waals surface area contributed by atoms with Gasteiger partial charge in [-0.25, -0.2) is 9.97 Å². The van der Waals surface area contributed by atoms with Crippen LogP contribution in [0.4, 0.5) is 11.6 Å². The van der Waals surface area contributed by atoms with Crippen LogP contribution < -0.4 is 20.1 Å². The fourth-order valence-corrected chi connectivity index (χ4v) is 2.25. The molecule has 0 saturated carbocycles. The van der Waals surface area contributed by atoms with Gasteiger partial charge in [0.25, 0.3) is 5.91 Å². The van der Waals surface area contributed by atoms with Gasteiger partial charge in [0.2, 0.25) is 5.95 Å². The van der Waals surface area contributed by atoms with E-state index in [2.05, 4.69) is 20.6 Å². The second kappa shape index (κ2) is 9.00. The van der Waals surface area contributed by atoms with Crippen LogP contribution in [0.5, 0.6) is 11.5 Å². The molecule has 8 nitrogen and oxygen atoms in total. The zero-order chi connectivity index (χ0) is 19.1. The summed E-state index contributed by atoms with van der Waals surface area (Å²) in [6, 6.07) is 6.82. The first-order valence-corrected chi connectivity index (χ1v) is 8.20. The Morgan fingerprint density at radius 2 is 1.92 bits per heavy atom. The van der Waals surface area contributed by atoms with Gasteiger partial charge in [-0.1, -0.05) is 0 Å². The van der Waals surface area contributed by atoms with Gasteiger partial charge < -0.3 is 25.0 Å². The number of hydrogen-bond acceptors (Lipinski definition) is 7. The van der Waals surface area contributed by atoms with Crippen molar-refractivity contribution in [3.05, 3.63) is 35.7 Å². The molecule has 0 spiro atoms. The van der Waals surface area contributed by atoms with E-state index in [4.69, 9.17) is 9.47 Å². The van der Waals surface area contributed by atoms with Crippen molar-refractivity contribution >= 4 is 17.5 Å². The zero-order valence-corrected chi connectivity index (χ0v) is 15.8. The average molecular weight is 359 g/mol. The number of nitrogens with zero attached hydrogens (tertiary/aromatic N) is 3. The second-order valence-electron chi connectivity index (χ2n) is 5.97. The number of nitrogens with one attached hydrogen (secondary N) is 2. The zero-order valence-electron chi connectivity index (χ0n) is 15.8. The van der Waals surface area contributed by atoms with E-state index in [1.165, 1.54) is 0 Å². The number of ether oxygens (including phenoxy) is 2. The Labute approximate surface area is 153 Å². The van der Waals surface area contributed by atoms with Gasteiger partial charge in [-0.2, -0.15) is 0 Å². The number of aromatic nitrogens is 2. The lowest BCUT2D eigenvalue weighted by Crippen LogP contribution is -2.22. The molecular formula is C18H25N5O3. The summed E-state index contributed by atoms with van der Waals surface area (Å²) in [5.41, 5.74) is 1.49. The van der Waals surface area contributed by atoms with Crippen molar-refractivity contribution in [3.8, 4) is 11.5 Å². The van der Waals surface area contributed by atoms with Crippen molar-refractivity contribution in [3.63, 3.8) is 0 Å². The van der Waals surface area contributed by atoms with Crippen LogP contribution >= 0.6 is 0 Å². The number of rotatable bonds is 8. The van der Waals surface area contributed by atoms with Gasteiger partial charge in [0.1, 0.15) is 17.2 Å². The summed E-state index contributed by atoms with van der Waals surface area (Å²) in [7, 11) is 7.07. The normalized spacial score (nSPS) is 10.5. The van der Waals surface area contributed by atoms with Crippen molar-refractivity contribution < 1.29 is 14.3 Å². The number of hydrogen-bond donors (Lipinski definition) is 2. The fourth-order valence-electron chi connectivity index (χ4n) is 2.25. The van der Waals surface area contributed by atoms with Gasteiger partial charge in [0, 0.05) is 24.8 Å². The summed E-state index contributed by atoms with van der Waals surface area (Å²) in [6.07, 6.45) is 0. The maximum atomic E-state index is 12.6. The lowest BCUT2D eigenvalue weighted by molar-refractivity contribution is 0.102. The number of amides is 1. The molecule has 1 aromatic carbocycles. The summed E-state index contributed by atoms with van der Waals surface area (Å²) >= 11 is 0. The van der Waals surface area contributed by atoms with Crippen LogP contribution in [0.3, 0.4) is 0 Å². The van der Waals surface area contributed by atoms with E-state index in [1.54, 1.807) is 38.5 Å². The Morgan fingerprint density at radius 1 is 1.15 bits per heavy atom. The van der Waals surface area contributed by atoms with E-state index >= 15 is 0 Å². The summed E-state index contributed by atoms with van der Waals surface area (Å²) in [5, 5.41) is 5.94. The summed E-state index contributed by atoms with van der Waals surface area (Å²) < 4.78 is 10.5.